The fourth-order valence-corrected chi connectivity index (χ4v) is 2.81. The number of benzene rings is 1. The first-order valence-corrected chi connectivity index (χ1v) is 7.34. The second kappa shape index (κ2) is 6.10. The maximum Gasteiger partial charge on any atom is 0.223 e. The number of hydrogen-bond donors (Lipinski definition) is 3. The molecule has 0 aliphatic heterocycles. The van der Waals surface area contributed by atoms with Gasteiger partial charge in [-0.25, -0.2) is 0 Å². The number of rotatable bonds is 4. The lowest BCUT2D eigenvalue weighted by Gasteiger charge is -2.11. The van der Waals surface area contributed by atoms with Gasteiger partial charge in [0.25, 0.3) is 0 Å². The summed E-state index contributed by atoms with van der Waals surface area (Å²) in [5.74, 6) is 0.213. The topological polar surface area (TPSA) is 83.8 Å². The van der Waals surface area contributed by atoms with Gasteiger partial charge in [0.15, 0.2) is 0 Å². The van der Waals surface area contributed by atoms with E-state index in [2.05, 4.69) is 15.5 Å². The number of H-pyrrole nitrogens is 1. The number of aromatic amines is 1. The molecule has 110 valence electrons. The van der Waals surface area contributed by atoms with Crippen LogP contribution in [0.4, 0.5) is 0 Å². The Morgan fingerprint density at radius 2 is 2.10 bits per heavy atom. The van der Waals surface area contributed by atoms with Gasteiger partial charge in [-0.1, -0.05) is 24.3 Å². The highest BCUT2D eigenvalue weighted by atomic mass is 16.1. The Bertz CT molecular complexity index is 591. The Hall–Kier alpha value is -2.14. The largest absolute Gasteiger partial charge is 0.352 e. The molecule has 3 rings (SSSR count). The van der Waals surface area contributed by atoms with Crippen LogP contribution >= 0.6 is 0 Å². The van der Waals surface area contributed by atoms with Gasteiger partial charge in [0.2, 0.25) is 5.91 Å². The van der Waals surface area contributed by atoms with Crippen LogP contribution in [0.2, 0.25) is 0 Å². The zero-order chi connectivity index (χ0) is 14.7. The third-order valence-corrected chi connectivity index (χ3v) is 4.08. The molecule has 2 unspecified atom stereocenters. The molecule has 1 amide bonds. The lowest BCUT2D eigenvalue weighted by Crippen LogP contribution is -2.29. The van der Waals surface area contributed by atoms with Crippen molar-refractivity contribution in [3.63, 3.8) is 0 Å². The lowest BCUT2D eigenvalue weighted by atomic mass is 10.1. The number of carbonyl (C=O) groups is 1. The van der Waals surface area contributed by atoms with Crippen molar-refractivity contribution in [1.82, 2.24) is 15.5 Å². The van der Waals surface area contributed by atoms with Crippen molar-refractivity contribution in [3.05, 3.63) is 42.1 Å². The molecule has 2 aromatic rings. The molecule has 21 heavy (non-hydrogen) atoms. The van der Waals surface area contributed by atoms with E-state index in [1.807, 2.05) is 30.3 Å². The highest BCUT2D eigenvalue weighted by Crippen LogP contribution is 2.24. The Labute approximate surface area is 123 Å². The number of carbonyl (C=O) groups excluding carboxylic acids is 1. The standard InChI is InChI=1S/C16H20N4O/c17-14-6-5-13(9-14)16(21)18-10-11-1-3-12(4-2-11)15-7-8-19-20-15/h1-4,7-8,13-14H,5-6,9-10,17H2,(H,18,21)(H,19,20). The van der Waals surface area contributed by atoms with Crippen LogP contribution in [0.1, 0.15) is 24.8 Å². The summed E-state index contributed by atoms with van der Waals surface area (Å²) >= 11 is 0. The van der Waals surface area contributed by atoms with Gasteiger partial charge in [0, 0.05) is 24.7 Å². The van der Waals surface area contributed by atoms with E-state index >= 15 is 0 Å². The van der Waals surface area contributed by atoms with Crippen molar-refractivity contribution in [2.24, 2.45) is 11.7 Å². The fourth-order valence-electron chi connectivity index (χ4n) is 2.81. The van der Waals surface area contributed by atoms with Gasteiger partial charge in [0.05, 0.1) is 5.69 Å². The van der Waals surface area contributed by atoms with E-state index in [-0.39, 0.29) is 17.9 Å². The number of amides is 1. The third-order valence-electron chi connectivity index (χ3n) is 4.08. The zero-order valence-electron chi connectivity index (χ0n) is 11.9. The van der Waals surface area contributed by atoms with Gasteiger partial charge < -0.3 is 11.1 Å². The molecular formula is C16H20N4O. The number of nitrogens with zero attached hydrogens (tertiary/aromatic N) is 1. The summed E-state index contributed by atoms with van der Waals surface area (Å²) in [7, 11) is 0. The predicted molar refractivity (Wildman–Crippen MR) is 81.2 cm³/mol. The maximum atomic E-state index is 12.0. The number of nitrogens with two attached hydrogens (primary N) is 1. The molecule has 0 bridgehead atoms. The molecule has 4 N–H and O–H groups in total. The quantitative estimate of drug-likeness (QED) is 0.800. The van der Waals surface area contributed by atoms with E-state index in [1.165, 1.54) is 0 Å². The molecule has 5 heteroatoms. The molecule has 2 atom stereocenters. The predicted octanol–water partition coefficient (Wildman–Crippen LogP) is 1.82. The highest BCUT2D eigenvalue weighted by Gasteiger charge is 2.27. The van der Waals surface area contributed by atoms with Crippen LogP contribution in [0.5, 0.6) is 0 Å². The molecule has 0 saturated heterocycles. The van der Waals surface area contributed by atoms with E-state index in [4.69, 9.17) is 5.73 Å². The Kier molecular flexibility index (Phi) is 4.01. The summed E-state index contributed by atoms with van der Waals surface area (Å²) < 4.78 is 0. The minimum Gasteiger partial charge on any atom is -0.352 e. The van der Waals surface area contributed by atoms with Crippen molar-refractivity contribution >= 4 is 5.91 Å². The minimum atomic E-state index is 0.0873. The summed E-state index contributed by atoms with van der Waals surface area (Å²) in [5.41, 5.74) is 9.02. The SMILES string of the molecule is NC1CCC(C(=O)NCc2ccc(-c3ccn[nH]3)cc2)C1. The fraction of sp³-hybridized carbons (Fsp3) is 0.375. The van der Waals surface area contributed by atoms with Crippen LogP contribution in [0.25, 0.3) is 11.3 Å². The zero-order valence-corrected chi connectivity index (χ0v) is 11.9. The molecular weight excluding hydrogens is 264 g/mol. The average molecular weight is 284 g/mol. The van der Waals surface area contributed by atoms with Crippen molar-refractivity contribution in [3.8, 4) is 11.3 Å². The highest BCUT2D eigenvalue weighted by molar-refractivity contribution is 5.79. The first-order valence-electron chi connectivity index (χ1n) is 7.34. The van der Waals surface area contributed by atoms with E-state index < -0.39 is 0 Å². The van der Waals surface area contributed by atoms with Crippen LogP contribution in [0, 0.1) is 5.92 Å². The van der Waals surface area contributed by atoms with Crippen molar-refractivity contribution in [2.75, 3.05) is 0 Å². The van der Waals surface area contributed by atoms with Crippen LogP contribution in [0.3, 0.4) is 0 Å². The molecule has 1 aliphatic rings. The molecule has 1 saturated carbocycles. The van der Waals surface area contributed by atoms with Crippen LogP contribution in [0.15, 0.2) is 36.5 Å². The first kappa shape index (κ1) is 13.8. The average Bonchev–Trinajstić information content (AvgIpc) is 3.16. The van der Waals surface area contributed by atoms with Crippen LogP contribution < -0.4 is 11.1 Å². The lowest BCUT2D eigenvalue weighted by molar-refractivity contribution is -0.125. The molecule has 1 aromatic carbocycles. The summed E-state index contributed by atoms with van der Waals surface area (Å²) in [4.78, 5) is 12.0. The first-order chi connectivity index (χ1) is 10.2. The minimum absolute atomic E-state index is 0.0873. The Morgan fingerprint density at radius 3 is 2.71 bits per heavy atom. The summed E-state index contributed by atoms with van der Waals surface area (Å²) in [5, 5.41) is 9.87. The van der Waals surface area contributed by atoms with Crippen molar-refractivity contribution in [1.29, 1.82) is 0 Å². The van der Waals surface area contributed by atoms with Gasteiger partial charge in [-0.3, -0.25) is 9.89 Å². The molecule has 5 nitrogen and oxygen atoms in total. The van der Waals surface area contributed by atoms with Crippen LogP contribution in [-0.2, 0) is 11.3 Å². The molecule has 1 aliphatic carbocycles. The second-order valence-electron chi connectivity index (χ2n) is 5.66. The van der Waals surface area contributed by atoms with Crippen LogP contribution in [-0.4, -0.2) is 22.1 Å². The molecule has 1 fully saturated rings. The monoisotopic (exact) mass is 284 g/mol. The number of nitrogens with one attached hydrogen (secondary N) is 2. The molecule has 0 spiro atoms. The number of hydrogen-bond acceptors (Lipinski definition) is 3. The maximum absolute atomic E-state index is 12.0. The van der Waals surface area contributed by atoms with E-state index in [9.17, 15) is 4.79 Å². The normalized spacial score (nSPS) is 21.4. The molecule has 0 radical (unpaired) electrons. The summed E-state index contributed by atoms with van der Waals surface area (Å²) in [6.45, 7) is 0.563. The smallest absolute Gasteiger partial charge is 0.223 e. The van der Waals surface area contributed by atoms with Gasteiger partial charge in [0.1, 0.15) is 0 Å². The van der Waals surface area contributed by atoms with Crippen molar-refractivity contribution in [2.45, 2.75) is 31.8 Å². The van der Waals surface area contributed by atoms with E-state index in [0.29, 0.717) is 6.54 Å². The molecule has 1 aromatic heterocycles. The second-order valence-corrected chi connectivity index (χ2v) is 5.66. The third kappa shape index (κ3) is 3.31. The van der Waals surface area contributed by atoms with Gasteiger partial charge in [-0.2, -0.15) is 5.10 Å². The van der Waals surface area contributed by atoms with E-state index in [1.54, 1.807) is 6.20 Å². The Morgan fingerprint density at radius 1 is 1.29 bits per heavy atom. The van der Waals surface area contributed by atoms with Gasteiger partial charge >= 0.3 is 0 Å². The molecule has 1 heterocycles. The summed E-state index contributed by atoms with van der Waals surface area (Å²) in [6, 6.07) is 10.2. The van der Waals surface area contributed by atoms with Crippen molar-refractivity contribution < 1.29 is 4.79 Å². The van der Waals surface area contributed by atoms with Gasteiger partial charge in [-0.15, -0.1) is 0 Å². The van der Waals surface area contributed by atoms with E-state index in [0.717, 1.165) is 36.1 Å². The van der Waals surface area contributed by atoms with Gasteiger partial charge in [-0.05, 0) is 36.5 Å². The summed E-state index contributed by atoms with van der Waals surface area (Å²) in [6.07, 6.45) is 4.41. The number of aromatic nitrogens is 2. The Balaban J connectivity index is 1.55.